The highest BCUT2D eigenvalue weighted by molar-refractivity contribution is 4.85. The largest absolute Gasteiger partial charge is 0.376 e. The Morgan fingerprint density at radius 1 is 0.885 bits per heavy atom. The van der Waals surface area contributed by atoms with Gasteiger partial charge in [-0.05, 0) is 24.7 Å². The maximum absolute atomic E-state index is 12.9. The molecule has 1 aromatic heterocycles. The predicted molar refractivity (Wildman–Crippen MR) is 96.5 cm³/mol. The smallest absolute Gasteiger partial charge is 0.336 e. The summed E-state index contributed by atoms with van der Waals surface area (Å²) in [6, 6.07) is 0. The number of hydrogen-bond donors (Lipinski definition) is 0. The molecular formula is C18H27N3O5. The summed E-state index contributed by atoms with van der Waals surface area (Å²) < 4.78 is 14.6. The molecular weight excluding hydrogens is 338 g/mol. The molecule has 0 bridgehead atoms. The maximum Gasteiger partial charge on any atom is 0.336 e. The van der Waals surface area contributed by atoms with Crippen molar-refractivity contribution >= 4 is 0 Å². The molecule has 8 heteroatoms. The molecule has 1 aromatic rings. The summed E-state index contributed by atoms with van der Waals surface area (Å²) in [5.74, 6) is 0.788. The number of nitrogens with zero attached hydrogens (tertiary/aromatic N) is 3. The van der Waals surface area contributed by atoms with Crippen LogP contribution in [-0.2, 0) is 29.1 Å². The molecule has 0 aliphatic carbocycles. The Hall–Kier alpha value is -1.93. The van der Waals surface area contributed by atoms with Gasteiger partial charge in [0, 0.05) is 13.2 Å². The third-order valence-corrected chi connectivity index (χ3v) is 5.03. The van der Waals surface area contributed by atoms with Crippen molar-refractivity contribution in [2.24, 2.45) is 11.8 Å². The van der Waals surface area contributed by atoms with E-state index in [4.69, 9.17) is 9.47 Å². The third kappa shape index (κ3) is 3.76. The van der Waals surface area contributed by atoms with Gasteiger partial charge in [-0.3, -0.25) is 0 Å². The highest BCUT2D eigenvalue weighted by Crippen LogP contribution is 2.20. The molecule has 0 radical (unpaired) electrons. The van der Waals surface area contributed by atoms with E-state index in [0.717, 1.165) is 26.5 Å². The van der Waals surface area contributed by atoms with Gasteiger partial charge in [0.25, 0.3) is 0 Å². The SMILES string of the molecule is C=CCn1c(=O)n(CC2CC(C)CO2)c(=O)n(CC2CC(C)CO2)c1=O. The minimum absolute atomic E-state index is 0.0573. The van der Waals surface area contributed by atoms with Gasteiger partial charge in [0.05, 0.1) is 31.8 Å². The van der Waals surface area contributed by atoms with Crippen molar-refractivity contribution in [3.63, 3.8) is 0 Å². The summed E-state index contributed by atoms with van der Waals surface area (Å²) in [4.78, 5) is 38.3. The van der Waals surface area contributed by atoms with Crippen LogP contribution in [0.25, 0.3) is 0 Å². The Bertz CT molecular complexity index is 776. The van der Waals surface area contributed by atoms with E-state index < -0.39 is 17.1 Å². The molecule has 3 rings (SSSR count). The van der Waals surface area contributed by atoms with E-state index in [9.17, 15) is 14.4 Å². The second-order valence-corrected chi connectivity index (χ2v) is 7.56. The molecule has 4 unspecified atom stereocenters. The minimum Gasteiger partial charge on any atom is -0.376 e. The molecule has 0 saturated carbocycles. The van der Waals surface area contributed by atoms with Crippen molar-refractivity contribution in [2.75, 3.05) is 13.2 Å². The molecule has 0 aromatic carbocycles. The van der Waals surface area contributed by atoms with Crippen molar-refractivity contribution in [3.8, 4) is 0 Å². The monoisotopic (exact) mass is 365 g/mol. The summed E-state index contributed by atoms with van der Waals surface area (Å²) in [7, 11) is 0. The van der Waals surface area contributed by atoms with Crippen LogP contribution in [-0.4, -0.2) is 39.1 Å². The van der Waals surface area contributed by atoms with Crippen LogP contribution in [0.1, 0.15) is 26.7 Å². The van der Waals surface area contributed by atoms with Crippen LogP contribution in [0, 0.1) is 11.8 Å². The van der Waals surface area contributed by atoms with Crippen LogP contribution in [0.3, 0.4) is 0 Å². The zero-order valence-electron chi connectivity index (χ0n) is 15.4. The van der Waals surface area contributed by atoms with E-state index in [-0.39, 0.29) is 31.8 Å². The summed E-state index contributed by atoms with van der Waals surface area (Å²) in [6.45, 7) is 9.34. The lowest BCUT2D eigenvalue weighted by atomic mass is 10.1. The first kappa shape index (κ1) is 18.8. The summed E-state index contributed by atoms with van der Waals surface area (Å²) in [5, 5.41) is 0. The molecule has 0 amide bonds. The number of allylic oxidation sites excluding steroid dienone is 1. The predicted octanol–water partition coefficient (Wildman–Crippen LogP) is 0.208. The zero-order chi connectivity index (χ0) is 18.8. The van der Waals surface area contributed by atoms with Crippen molar-refractivity contribution in [3.05, 3.63) is 44.1 Å². The van der Waals surface area contributed by atoms with Crippen molar-refractivity contribution in [1.29, 1.82) is 0 Å². The van der Waals surface area contributed by atoms with E-state index >= 15 is 0 Å². The van der Waals surface area contributed by atoms with Gasteiger partial charge in [0.2, 0.25) is 0 Å². The second-order valence-electron chi connectivity index (χ2n) is 7.56. The minimum atomic E-state index is -0.611. The van der Waals surface area contributed by atoms with E-state index in [1.165, 1.54) is 6.08 Å². The van der Waals surface area contributed by atoms with Gasteiger partial charge < -0.3 is 9.47 Å². The summed E-state index contributed by atoms with van der Waals surface area (Å²) >= 11 is 0. The van der Waals surface area contributed by atoms with Crippen molar-refractivity contribution in [1.82, 2.24) is 13.7 Å². The summed E-state index contributed by atoms with van der Waals surface area (Å²) in [6.07, 6.45) is 2.66. The zero-order valence-corrected chi connectivity index (χ0v) is 15.4. The fourth-order valence-corrected chi connectivity index (χ4v) is 3.71. The van der Waals surface area contributed by atoms with Crippen LogP contribution >= 0.6 is 0 Å². The Kier molecular flexibility index (Phi) is 5.62. The molecule has 4 atom stereocenters. The van der Waals surface area contributed by atoms with Crippen molar-refractivity contribution < 1.29 is 9.47 Å². The van der Waals surface area contributed by atoms with E-state index in [1.54, 1.807) is 0 Å². The Labute approximate surface area is 151 Å². The first-order valence-corrected chi connectivity index (χ1v) is 9.19. The molecule has 2 aliphatic heterocycles. The average Bonchev–Trinajstić information content (AvgIpc) is 3.20. The lowest BCUT2D eigenvalue weighted by molar-refractivity contribution is 0.0841. The average molecular weight is 365 g/mol. The molecule has 0 spiro atoms. The van der Waals surface area contributed by atoms with Crippen LogP contribution < -0.4 is 17.1 Å². The van der Waals surface area contributed by atoms with Gasteiger partial charge in [-0.25, -0.2) is 28.1 Å². The molecule has 2 fully saturated rings. The maximum atomic E-state index is 12.9. The molecule has 8 nitrogen and oxygen atoms in total. The van der Waals surface area contributed by atoms with Crippen LogP contribution in [0.2, 0.25) is 0 Å². The van der Waals surface area contributed by atoms with Crippen LogP contribution in [0.4, 0.5) is 0 Å². The normalized spacial score (nSPS) is 28.5. The molecule has 144 valence electrons. The first-order valence-electron chi connectivity index (χ1n) is 9.19. The molecule has 2 aliphatic rings. The van der Waals surface area contributed by atoms with Gasteiger partial charge in [0.1, 0.15) is 0 Å². The van der Waals surface area contributed by atoms with E-state index in [0.29, 0.717) is 25.0 Å². The fraction of sp³-hybridized carbons (Fsp3) is 0.722. The first-order chi connectivity index (χ1) is 12.4. The van der Waals surface area contributed by atoms with E-state index in [2.05, 4.69) is 20.4 Å². The Balaban J connectivity index is 1.99. The number of hydrogen-bond acceptors (Lipinski definition) is 5. The Morgan fingerprint density at radius 3 is 1.65 bits per heavy atom. The number of aromatic nitrogens is 3. The topological polar surface area (TPSA) is 84.5 Å². The summed E-state index contributed by atoms with van der Waals surface area (Å²) in [5.41, 5.74) is -1.81. The number of ether oxygens (including phenoxy) is 2. The van der Waals surface area contributed by atoms with Gasteiger partial charge in [-0.2, -0.15) is 0 Å². The third-order valence-electron chi connectivity index (χ3n) is 5.03. The van der Waals surface area contributed by atoms with Crippen LogP contribution in [0.5, 0.6) is 0 Å². The van der Waals surface area contributed by atoms with Crippen LogP contribution in [0.15, 0.2) is 27.0 Å². The standard InChI is InChI=1S/C18H27N3O5/c1-4-5-19-16(22)20(8-14-6-12(2)10-25-14)18(24)21(17(19)23)9-15-7-13(3)11-26-15/h4,12-15H,1,5-11H2,2-3H3. The Morgan fingerprint density at radius 2 is 1.31 bits per heavy atom. The second kappa shape index (κ2) is 7.75. The molecule has 2 saturated heterocycles. The highest BCUT2D eigenvalue weighted by Gasteiger charge is 2.27. The van der Waals surface area contributed by atoms with Gasteiger partial charge in [0.15, 0.2) is 0 Å². The van der Waals surface area contributed by atoms with Gasteiger partial charge >= 0.3 is 17.1 Å². The lowest BCUT2D eigenvalue weighted by Crippen LogP contribution is -2.56. The van der Waals surface area contributed by atoms with E-state index in [1.807, 2.05) is 0 Å². The molecule has 3 heterocycles. The van der Waals surface area contributed by atoms with Gasteiger partial charge in [-0.15, -0.1) is 6.58 Å². The van der Waals surface area contributed by atoms with Crippen molar-refractivity contribution in [2.45, 2.75) is 58.5 Å². The molecule has 26 heavy (non-hydrogen) atoms. The number of rotatable bonds is 6. The lowest BCUT2D eigenvalue weighted by Gasteiger charge is -2.17. The highest BCUT2D eigenvalue weighted by atomic mass is 16.5. The van der Waals surface area contributed by atoms with Gasteiger partial charge in [-0.1, -0.05) is 19.9 Å². The quantitative estimate of drug-likeness (QED) is 0.673. The fourth-order valence-electron chi connectivity index (χ4n) is 3.71. The molecule has 0 N–H and O–H groups in total.